The van der Waals surface area contributed by atoms with Gasteiger partial charge in [-0.05, 0) is 43.5 Å². The lowest BCUT2D eigenvalue weighted by molar-refractivity contribution is -0.148. The summed E-state index contributed by atoms with van der Waals surface area (Å²) in [4.78, 5) is 28.3. The number of aromatic nitrogens is 1. The Balaban J connectivity index is 1.75. The number of nitrogens with one attached hydrogen (secondary N) is 1. The summed E-state index contributed by atoms with van der Waals surface area (Å²) < 4.78 is 5.11. The fourth-order valence-corrected chi connectivity index (χ4v) is 3.26. The molecule has 1 aromatic heterocycles. The Morgan fingerprint density at radius 1 is 1.30 bits per heavy atom. The molecular weight excluding hydrogens is 316 g/mol. The number of rotatable bonds is 5. The van der Waals surface area contributed by atoms with Crippen LogP contribution in [0.25, 0.3) is 10.6 Å². The minimum atomic E-state index is -1.11. The zero-order chi connectivity index (χ0) is 16.4. The molecule has 1 aromatic carbocycles. The number of carbonyl (C=O) groups excluding carboxylic acids is 1. The molecule has 23 heavy (non-hydrogen) atoms. The van der Waals surface area contributed by atoms with Crippen molar-refractivity contribution in [1.29, 1.82) is 0 Å². The van der Waals surface area contributed by atoms with Crippen LogP contribution >= 0.6 is 11.3 Å². The zero-order valence-electron chi connectivity index (χ0n) is 12.5. The van der Waals surface area contributed by atoms with Crippen LogP contribution in [0.5, 0.6) is 5.75 Å². The number of ether oxygens (including phenoxy) is 1. The Morgan fingerprint density at radius 3 is 2.52 bits per heavy atom. The predicted molar refractivity (Wildman–Crippen MR) is 85.8 cm³/mol. The van der Waals surface area contributed by atoms with Crippen LogP contribution in [0.2, 0.25) is 0 Å². The molecule has 0 unspecified atom stereocenters. The number of hydrogen-bond acceptors (Lipinski definition) is 5. The van der Waals surface area contributed by atoms with Gasteiger partial charge in [0.15, 0.2) is 0 Å². The van der Waals surface area contributed by atoms with Crippen LogP contribution < -0.4 is 10.1 Å². The normalized spacial score (nSPS) is 15.5. The van der Waals surface area contributed by atoms with E-state index in [9.17, 15) is 14.7 Å². The van der Waals surface area contributed by atoms with E-state index in [2.05, 4.69) is 10.3 Å². The SMILES string of the molecule is COc1ccc(-c2ncc(C(=O)NC3(C(=O)O)CCC3)s2)cc1. The van der Waals surface area contributed by atoms with E-state index in [0.29, 0.717) is 22.7 Å². The molecule has 1 fully saturated rings. The summed E-state index contributed by atoms with van der Waals surface area (Å²) in [5.74, 6) is -0.613. The molecule has 1 aliphatic carbocycles. The molecule has 2 N–H and O–H groups in total. The first-order valence-corrected chi connectivity index (χ1v) is 8.02. The van der Waals surface area contributed by atoms with Crippen molar-refractivity contribution >= 4 is 23.2 Å². The third kappa shape index (κ3) is 2.92. The highest BCUT2D eigenvalue weighted by Crippen LogP contribution is 2.33. The van der Waals surface area contributed by atoms with Gasteiger partial charge in [-0.25, -0.2) is 9.78 Å². The smallest absolute Gasteiger partial charge is 0.329 e. The lowest BCUT2D eigenvalue weighted by Crippen LogP contribution is -2.59. The quantitative estimate of drug-likeness (QED) is 0.878. The first-order chi connectivity index (χ1) is 11.0. The van der Waals surface area contributed by atoms with E-state index in [1.807, 2.05) is 24.3 Å². The lowest BCUT2D eigenvalue weighted by atomic mass is 9.77. The molecule has 0 radical (unpaired) electrons. The summed E-state index contributed by atoms with van der Waals surface area (Å²) >= 11 is 1.24. The average Bonchev–Trinajstić information content (AvgIpc) is 3.00. The van der Waals surface area contributed by atoms with Crippen LogP contribution in [-0.2, 0) is 4.79 Å². The molecule has 0 spiro atoms. The van der Waals surface area contributed by atoms with Crippen molar-refractivity contribution in [1.82, 2.24) is 10.3 Å². The maximum atomic E-state index is 12.3. The molecule has 0 atom stereocenters. The number of carboxylic acids is 1. The number of aliphatic carboxylic acids is 1. The molecule has 1 saturated carbocycles. The highest BCUT2D eigenvalue weighted by atomic mass is 32.1. The van der Waals surface area contributed by atoms with E-state index in [-0.39, 0.29) is 5.91 Å². The predicted octanol–water partition coefficient (Wildman–Crippen LogP) is 2.56. The Kier molecular flexibility index (Phi) is 4.04. The van der Waals surface area contributed by atoms with Gasteiger partial charge in [-0.2, -0.15) is 0 Å². The van der Waals surface area contributed by atoms with Crippen molar-refractivity contribution in [3.8, 4) is 16.3 Å². The Labute approximate surface area is 137 Å². The summed E-state index contributed by atoms with van der Waals surface area (Å²) in [6.45, 7) is 0. The molecule has 0 bridgehead atoms. The molecule has 7 heteroatoms. The molecular formula is C16H16N2O4S. The minimum absolute atomic E-state index is 0.385. The first-order valence-electron chi connectivity index (χ1n) is 7.20. The van der Waals surface area contributed by atoms with E-state index in [1.54, 1.807) is 7.11 Å². The van der Waals surface area contributed by atoms with Crippen LogP contribution in [-0.4, -0.2) is 34.6 Å². The highest BCUT2D eigenvalue weighted by molar-refractivity contribution is 7.16. The van der Waals surface area contributed by atoms with Gasteiger partial charge in [-0.3, -0.25) is 4.79 Å². The maximum absolute atomic E-state index is 12.3. The van der Waals surface area contributed by atoms with Gasteiger partial charge in [-0.15, -0.1) is 11.3 Å². The summed E-state index contributed by atoms with van der Waals surface area (Å²) in [6.07, 6.45) is 3.23. The van der Waals surface area contributed by atoms with Crippen molar-refractivity contribution in [2.75, 3.05) is 7.11 Å². The van der Waals surface area contributed by atoms with Gasteiger partial charge in [0.1, 0.15) is 21.2 Å². The minimum Gasteiger partial charge on any atom is -0.497 e. The van der Waals surface area contributed by atoms with Crippen LogP contribution in [0.4, 0.5) is 0 Å². The van der Waals surface area contributed by atoms with Crippen LogP contribution in [0.1, 0.15) is 28.9 Å². The van der Waals surface area contributed by atoms with Gasteiger partial charge in [-0.1, -0.05) is 0 Å². The molecule has 1 heterocycles. The van der Waals surface area contributed by atoms with E-state index < -0.39 is 11.5 Å². The average molecular weight is 332 g/mol. The van der Waals surface area contributed by atoms with Gasteiger partial charge in [0.2, 0.25) is 0 Å². The van der Waals surface area contributed by atoms with Crippen LogP contribution in [0.15, 0.2) is 30.5 Å². The molecule has 2 aromatic rings. The number of carbonyl (C=O) groups is 2. The van der Waals surface area contributed by atoms with E-state index >= 15 is 0 Å². The number of nitrogens with zero attached hydrogens (tertiary/aromatic N) is 1. The van der Waals surface area contributed by atoms with Gasteiger partial charge >= 0.3 is 5.97 Å². The second-order valence-electron chi connectivity index (χ2n) is 5.45. The molecule has 120 valence electrons. The monoisotopic (exact) mass is 332 g/mol. The van der Waals surface area contributed by atoms with Gasteiger partial charge in [0.25, 0.3) is 5.91 Å². The molecule has 1 amide bonds. The third-order valence-electron chi connectivity index (χ3n) is 4.04. The number of thiazole rings is 1. The highest BCUT2D eigenvalue weighted by Gasteiger charge is 2.45. The fraction of sp³-hybridized carbons (Fsp3) is 0.312. The topological polar surface area (TPSA) is 88.5 Å². The summed E-state index contributed by atoms with van der Waals surface area (Å²) in [5.41, 5.74) is -0.229. The Morgan fingerprint density at radius 2 is 2.00 bits per heavy atom. The second kappa shape index (κ2) is 6.00. The fourth-order valence-electron chi connectivity index (χ4n) is 2.45. The van der Waals surface area contributed by atoms with E-state index in [4.69, 9.17) is 4.74 Å². The number of carboxylic acid groups (broad SMARTS) is 1. The number of hydrogen-bond donors (Lipinski definition) is 2. The maximum Gasteiger partial charge on any atom is 0.329 e. The number of methoxy groups -OCH3 is 1. The Bertz CT molecular complexity index is 735. The third-order valence-corrected chi connectivity index (χ3v) is 5.08. The standard InChI is InChI=1S/C16H16N2O4S/c1-22-11-5-3-10(4-6-11)14-17-9-12(23-14)13(19)18-16(15(20)21)7-2-8-16/h3-6,9H,2,7-8H2,1H3,(H,18,19)(H,20,21). The van der Waals surface area contributed by atoms with Crippen LogP contribution in [0.3, 0.4) is 0 Å². The van der Waals surface area contributed by atoms with Gasteiger partial charge in [0.05, 0.1) is 13.3 Å². The lowest BCUT2D eigenvalue weighted by Gasteiger charge is -2.37. The van der Waals surface area contributed by atoms with E-state index in [1.165, 1.54) is 17.5 Å². The van der Waals surface area contributed by atoms with Crippen LogP contribution in [0, 0.1) is 0 Å². The van der Waals surface area contributed by atoms with E-state index in [0.717, 1.165) is 17.7 Å². The van der Waals surface area contributed by atoms with Crippen molar-refractivity contribution in [2.45, 2.75) is 24.8 Å². The summed E-state index contributed by atoms with van der Waals surface area (Å²) in [7, 11) is 1.60. The zero-order valence-corrected chi connectivity index (χ0v) is 13.4. The number of benzene rings is 1. The largest absolute Gasteiger partial charge is 0.497 e. The Hall–Kier alpha value is -2.41. The van der Waals surface area contributed by atoms with Gasteiger partial charge in [0, 0.05) is 5.56 Å². The molecule has 0 saturated heterocycles. The summed E-state index contributed by atoms with van der Waals surface area (Å²) in [6, 6.07) is 7.38. The van der Waals surface area contributed by atoms with Crippen molar-refractivity contribution < 1.29 is 19.4 Å². The summed E-state index contributed by atoms with van der Waals surface area (Å²) in [5, 5.41) is 12.6. The molecule has 1 aliphatic rings. The second-order valence-corrected chi connectivity index (χ2v) is 6.48. The van der Waals surface area contributed by atoms with Gasteiger partial charge < -0.3 is 15.2 Å². The molecule has 6 nitrogen and oxygen atoms in total. The van der Waals surface area contributed by atoms with Crippen molar-refractivity contribution in [3.05, 3.63) is 35.3 Å². The molecule has 0 aliphatic heterocycles. The van der Waals surface area contributed by atoms with Crippen molar-refractivity contribution in [3.63, 3.8) is 0 Å². The molecule has 3 rings (SSSR count). The number of amides is 1. The van der Waals surface area contributed by atoms with Crippen molar-refractivity contribution in [2.24, 2.45) is 0 Å². The first kappa shape index (κ1) is 15.5.